The Balaban J connectivity index is 1.57. The fraction of sp³-hybridized carbons (Fsp3) is 0.655. The molecule has 1 amide bonds. The van der Waals surface area contributed by atoms with E-state index in [1.807, 2.05) is 11.0 Å². The van der Waals surface area contributed by atoms with Crippen molar-refractivity contribution in [3.8, 4) is 6.01 Å². The van der Waals surface area contributed by atoms with Gasteiger partial charge in [0.15, 0.2) is 11.6 Å². The van der Waals surface area contributed by atoms with Crippen molar-refractivity contribution < 1.29 is 23.8 Å². The van der Waals surface area contributed by atoms with Gasteiger partial charge < -0.3 is 19.6 Å². The van der Waals surface area contributed by atoms with Gasteiger partial charge in [-0.05, 0) is 68.8 Å². The van der Waals surface area contributed by atoms with Gasteiger partial charge in [-0.25, -0.2) is 14.2 Å². The molecule has 2 aliphatic rings. The van der Waals surface area contributed by atoms with Gasteiger partial charge in [0.25, 0.3) is 0 Å². The number of aromatic carboxylic acids is 1. The molecule has 8 nitrogen and oxygen atoms in total. The molecule has 2 aliphatic carbocycles. The van der Waals surface area contributed by atoms with Crippen LogP contribution in [0.3, 0.4) is 0 Å². The van der Waals surface area contributed by atoms with Crippen molar-refractivity contribution in [2.45, 2.75) is 96.6 Å². The average Bonchev–Trinajstić information content (AvgIpc) is 3.33. The summed E-state index contributed by atoms with van der Waals surface area (Å²) in [6, 6.07) is 1.94. The maximum absolute atomic E-state index is 14.1. The summed E-state index contributed by atoms with van der Waals surface area (Å²) in [6.07, 6.45) is 7.31. The largest absolute Gasteiger partial charge is 0.477 e. The van der Waals surface area contributed by atoms with Crippen LogP contribution in [0.2, 0.25) is 0 Å². The number of amides is 1. The highest BCUT2D eigenvalue weighted by molar-refractivity contribution is 7.14. The van der Waals surface area contributed by atoms with Crippen molar-refractivity contribution in [2.24, 2.45) is 11.8 Å². The van der Waals surface area contributed by atoms with Crippen molar-refractivity contribution in [1.29, 1.82) is 0 Å². The normalized spacial score (nSPS) is 23.8. The Labute approximate surface area is 234 Å². The molecule has 1 N–H and O–H groups in total. The Morgan fingerprint density at radius 3 is 2.28 bits per heavy atom. The first-order valence-electron chi connectivity index (χ1n) is 13.9. The fourth-order valence-electron chi connectivity index (χ4n) is 5.57. The average molecular weight is 561 g/mol. The van der Waals surface area contributed by atoms with Gasteiger partial charge in [-0.15, -0.1) is 11.3 Å². The summed E-state index contributed by atoms with van der Waals surface area (Å²) in [4.78, 5) is 39.2. The number of carboxylic acids is 1. The summed E-state index contributed by atoms with van der Waals surface area (Å²) in [5.74, 6) is -0.776. The van der Waals surface area contributed by atoms with Gasteiger partial charge >= 0.3 is 12.0 Å². The smallest absolute Gasteiger partial charge is 0.348 e. The number of anilines is 2. The number of aromatic nitrogens is 2. The van der Waals surface area contributed by atoms with E-state index in [1.54, 1.807) is 19.0 Å². The second-order valence-electron chi connectivity index (χ2n) is 12.3. The first-order valence-corrected chi connectivity index (χ1v) is 14.7. The zero-order valence-electron chi connectivity index (χ0n) is 23.9. The standard InChI is InChI=1S/C29H41FN4O4S/c1-17-7-9-18(10-8-17)26(35)34(22-15-23(29(2,3)4)39-24(22)27(36)37)19-11-13-20(14-12-19)38-28-31-16-21(30)25(32-28)33(5)6/h15-20H,7-14H2,1-6H3,(H,36,37)/t17-,18-,19-,20-. The van der Waals surface area contributed by atoms with Gasteiger partial charge in [-0.3, -0.25) is 4.79 Å². The molecule has 39 heavy (non-hydrogen) atoms. The van der Waals surface area contributed by atoms with Gasteiger partial charge in [-0.2, -0.15) is 4.98 Å². The lowest BCUT2D eigenvalue weighted by atomic mass is 9.81. The molecule has 2 aromatic heterocycles. The van der Waals surface area contributed by atoms with Crippen molar-refractivity contribution >= 4 is 34.7 Å². The molecule has 214 valence electrons. The molecule has 0 atom stereocenters. The number of carbonyl (C=O) groups excluding carboxylic acids is 1. The monoisotopic (exact) mass is 560 g/mol. The van der Waals surface area contributed by atoms with Crippen molar-refractivity contribution in [1.82, 2.24) is 9.97 Å². The predicted molar refractivity (Wildman–Crippen MR) is 152 cm³/mol. The third-order valence-electron chi connectivity index (χ3n) is 7.92. The van der Waals surface area contributed by atoms with Gasteiger partial charge in [0.2, 0.25) is 5.91 Å². The number of thiophene rings is 1. The zero-order chi connectivity index (χ0) is 28.5. The summed E-state index contributed by atoms with van der Waals surface area (Å²) < 4.78 is 20.0. The van der Waals surface area contributed by atoms with Crippen molar-refractivity contribution in [3.63, 3.8) is 0 Å². The first-order chi connectivity index (χ1) is 18.3. The molecule has 0 aromatic carbocycles. The summed E-state index contributed by atoms with van der Waals surface area (Å²) in [5.41, 5.74) is 0.302. The highest BCUT2D eigenvalue weighted by Gasteiger charge is 2.38. The fourth-order valence-corrected chi connectivity index (χ4v) is 6.61. The van der Waals surface area contributed by atoms with Crippen LogP contribution in [0.4, 0.5) is 15.9 Å². The van der Waals surface area contributed by atoms with Crippen LogP contribution in [-0.2, 0) is 10.2 Å². The Kier molecular flexibility index (Phi) is 8.83. The number of hydrogen-bond acceptors (Lipinski definition) is 7. The maximum Gasteiger partial charge on any atom is 0.348 e. The molecule has 2 heterocycles. The molecule has 4 rings (SSSR count). The Morgan fingerprint density at radius 2 is 1.72 bits per heavy atom. The van der Waals surface area contributed by atoms with Crippen LogP contribution in [-0.4, -0.2) is 53.2 Å². The molecule has 10 heteroatoms. The lowest BCUT2D eigenvalue weighted by Gasteiger charge is -2.39. The maximum atomic E-state index is 14.1. The molecule has 2 fully saturated rings. The summed E-state index contributed by atoms with van der Waals surface area (Å²) >= 11 is 1.27. The first kappa shape index (κ1) is 29.2. The van der Waals surface area contributed by atoms with Crippen LogP contribution in [0.15, 0.2) is 12.3 Å². The SMILES string of the molecule is CN(C)c1nc(O[C@H]2CC[C@H](N(c3cc(C(C)(C)C)sc3C(=O)O)C(=O)[C@H]3CC[C@H](C)CC3)CC2)ncc1F. The second kappa shape index (κ2) is 11.8. The van der Waals surface area contributed by atoms with E-state index in [1.165, 1.54) is 11.3 Å². The minimum Gasteiger partial charge on any atom is -0.477 e. The van der Waals surface area contributed by atoms with E-state index in [0.717, 1.165) is 36.8 Å². The highest BCUT2D eigenvalue weighted by atomic mass is 32.1. The molecule has 0 unspecified atom stereocenters. The number of halogens is 1. The Hall–Kier alpha value is -2.75. The van der Waals surface area contributed by atoms with Gasteiger partial charge in [-0.1, -0.05) is 27.7 Å². The number of hydrogen-bond donors (Lipinski definition) is 1. The molecule has 0 aliphatic heterocycles. The quantitative estimate of drug-likeness (QED) is 0.425. The Bertz CT molecular complexity index is 1180. The third kappa shape index (κ3) is 6.70. The number of carboxylic acid groups (broad SMARTS) is 1. The second-order valence-corrected chi connectivity index (χ2v) is 13.4. The molecule has 2 saturated carbocycles. The van der Waals surface area contributed by atoms with Crippen molar-refractivity contribution in [3.05, 3.63) is 27.8 Å². The molecule has 0 spiro atoms. The van der Waals surface area contributed by atoms with Crippen molar-refractivity contribution in [2.75, 3.05) is 23.9 Å². The molecule has 0 bridgehead atoms. The van der Waals surface area contributed by atoms with E-state index in [2.05, 4.69) is 37.7 Å². The molecule has 0 saturated heterocycles. The summed E-state index contributed by atoms with van der Waals surface area (Å²) in [5, 5.41) is 10.1. The Morgan fingerprint density at radius 1 is 1.08 bits per heavy atom. The predicted octanol–water partition coefficient (Wildman–Crippen LogP) is 6.29. The van der Waals surface area contributed by atoms with Crippen LogP contribution in [0.1, 0.15) is 93.6 Å². The van der Waals surface area contributed by atoms with E-state index in [9.17, 15) is 19.1 Å². The molecule has 0 radical (unpaired) electrons. The lowest BCUT2D eigenvalue weighted by Crippen LogP contribution is -2.47. The topological polar surface area (TPSA) is 95.9 Å². The van der Waals surface area contributed by atoms with E-state index in [4.69, 9.17) is 4.74 Å². The minimum absolute atomic E-state index is 0.0459. The van der Waals surface area contributed by atoms with E-state index < -0.39 is 11.8 Å². The number of rotatable bonds is 7. The lowest BCUT2D eigenvalue weighted by molar-refractivity contribution is -0.124. The van der Waals surface area contributed by atoms with Gasteiger partial charge in [0, 0.05) is 30.9 Å². The zero-order valence-corrected chi connectivity index (χ0v) is 24.7. The van der Waals surface area contributed by atoms with E-state index in [-0.39, 0.29) is 46.1 Å². The summed E-state index contributed by atoms with van der Waals surface area (Å²) in [6.45, 7) is 8.41. The number of nitrogens with zero attached hydrogens (tertiary/aromatic N) is 4. The van der Waals surface area contributed by atoms with Crippen LogP contribution >= 0.6 is 11.3 Å². The minimum atomic E-state index is -0.997. The summed E-state index contributed by atoms with van der Waals surface area (Å²) in [7, 11) is 3.42. The van der Waals surface area contributed by atoms with Crippen LogP contribution in [0.25, 0.3) is 0 Å². The van der Waals surface area contributed by atoms with E-state index in [0.29, 0.717) is 37.3 Å². The van der Waals surface area contributed by atoms with E-state index >= 15 is 0 Å². The molecular weight excluding hydrogens is 519 g/mol. The highest BCUT2D eigenvalue weighted by Crippen LogP contribution is 2.42. The number of carbonyl (C=O) groups is 2. The molecule has 2 aromatic rings. The van der Waals surface area contributed by atoms with Crippen LogP contribution in [0.5, 0.6) is 6.01 Å². The van der Waals surface area contributed by atoms with Gasteiger partial charge in [0.1, 0.15) is 11.0 Å². The van der Waals surface area contributed by atoms with Crippen LogP contribution < -0.4 is 14.5 Å². The third-order valence-corrected chi connectivity index (χ3v) is 9.45. The van der Waals surface area contributed by atoms with Gasteiger partial charge in [0.05, 0.1) is 11.9 Å². The number of ether oxygens (including phenoxy) is 1. The molecular formula is C29H41FN4O4S. The van der Waals surface area contributed by atoms with Crippen LogP contribution in [0, 0.1) is 17.7 Å².